The first kappa shape index (κ1) is 17.3. The number of aryl methyl sites for hydroxylation is 1. The highest BCUT2D eigenvalue weighted by Crippen LogP contribution is 2.20. The van der Waals surface area contributed by atoms with Crippen LogP contribution < -0.4 is 5.32 Å². The molecule has 0 fully saturated rings. The summed E-state index contributed by atoms with van der Waals surface area (Å²) in [7, 11) is 3.38. The maximum absolute atomic E-state index is 12.8. The van der Waals surface area contributed by atoms with Crippen LogP contribution in [0.4, 0.5) is 5.69 Å². The number of hydrogen-bond donors (Lipinski definition) is 1. The second-order valence-corrected chi connectivity index (χ2v) is 6.04. The van der Waals surface area contributed by atoms with Crippen molar-refractivity contribution in [2.24, 2.45) is 0 Å². The smallest absolute Gasteiger partial charge is 0.257 e. The normalized spacial score (nSPS) is 10.4. The molecule has 0 unspecified atom stereocenters. The average Bonchev–Trinajstić information content (AvgIpc) is 3.17. The second-order valence-electron chi connectivity index (χ2n) is 6.04. The molecule has 0 saturated heterocycles. The van der Waals surface area contributed by atoms with Crippen molar-refractivity contribution in [2.75, 3.05) is 19.4 Å². The van der Waals surface area contributed by atoms with Crippen LogP contribution in [0.5, 0.6) is 0 Å². The molecule has 0 aliphatic heterocycles. The van der Waals surface area contributed by atoms with Gasteiger partial charge in [0.05, 0.1) is 11.3 Å². The van der Waals surface area contributed by atoms with E-state index in [0.717, 1.165) is 5.56 Å². The predicted octanol–water partition coefficient (Wildman–Crippen LogP) is 2.53. The van der Waals surface area contributed by atoms with E-state index in [1.807, 2.05) is 19.1 Å². The maximum atomic E-state index is 12.8. The Kier molecular flexibility index (Phi) is 4.79. The third kappa shape index (κ3) is 3.46. The van der Waals surface area contributed by atoms with Crippen molar-refractivity contribution in [2.45, 2.75) is 6.92 Å². The molecule has 26 heavy (non-hydrogen) atoms. The Labute approximate surface area is 151 Å². The minimum absolute atomic E-state index is 0.122. The Morgan fingerprint density at radius 2 is 1.88 bits per heavy atom. The molecule has 7 heteroatoms. The Hall–Kier alpha value is -3.48. The fourth-order valence-corrected chi connectivity index (χ4v) is 2.54. The Bertz CT molecular complexity index is 948. The van der Waals surface area contributed by atoms with Crippen molar-refractivity contribution in [3.63, 3.8) is 0 Å². The van der Waals surface area contributed by atoms with Gasteiger partial charge in [0.15, 0.2) is 0 Å². The molecule has 1 heterocycles. The molecule has 0 saturated carbocycles. The van der Waals surface area contributed by atoms with Gasteiger partial charge in [-0.2, -0.15) is 5.10 Å². The summed E-state index contributed by atoms with van der Waals surface area (Å²) in [5.41, 5.74) is 3.06. The molecule has 7 nitrogen and oxygen atoms in total. The topological polar surface area (TPSA) is 80.1 Å². The quantitative estimate of drug-likeness (QED) is 0.785. The van der Waals surface area contributed by atoms with Crippen molar-refractivity contribution in [1.29, 1.82) is 0 Å². The van der Waals surface area contributed by atoms with Crippen LogP contribution >= 0.6 is 0 Å². The van der Waals surface area contributed by atoms with Crippen LogP contribution in [0.15, 0.2) is 55.1 Å². The molecule has 0 spiro atoms. The minimum Gasteiger partial charge on any atom is -0.345 e. The number of carbonyl (C=O) groups excluding carboxylic acids is 2. The van der Waals surface area contributed by atoms with E-state index in [9.17, 15) is 9.59 Å². The summed E-state index contributed by atoms with van der Waals surface area (Å²) in [4.78, 5) is 30.4. The number of benzene rings is 2. The van der Waals surface area contributed by atoms with Crippen molar-refractivity contribution in [3.05, 3.63) is 71.8 Å². The number of hydrogen-bond acceptors (Lipinski definition) is 4. The van der Waals surface area contributed by atoms with E-state index < -0.39 is 0 Å². The number of carbonyl (C=O) groups is 2. The number of rotatable bonds is 4. The third-order valence-corrected chi connectivity index (χ3v) is 3.95. The number of nitrogens with one attached hydrogen (secondary N) is 1. The van der Waals surface area contributed by atoms with Crippen LogP contribution in [-0.4, -0.2) is 45.6 Å². The van der Waals surface area contributed by atoms with E-state index >= 15 is 0 Å². The molecule has 0 bridgehead atoms. The van der Waals surface area contributed by atoms with Gasteiger partial charge in [0.25, 0.3) is 11.8 Å². The molecule has 2 aromatic carbocycles. The summed E-state index contributed by atoms with van der Waals surface area (Å²) in [6.45, 7) is 1.88. The maximum Gasteiger partial charge on any atom is 0.257 e. The summed E-state index contributed by atoms with van der Waals surface area (Å²) in [5, 5.41) is 6.98. The lowest BCUT2D eigenvalue weighted by Crippen LogP contribution is -2.22. The van der Waals surface area contributed by atoms with Gasteiger partial charge in [0, 0.05) is 25.3 Å². The van der Waals surface area contributed by atoms with E-state index in [2.05, 4.69) is 15.4 Å². The fraction of sp³-hybridized carbons (Fsp3) is 0.158. The molecular weight excluding hydrogens is 330 g/mol. The van der Waals surface area contributed by atoms with Crippen LogP contribution in [0.1, 0.15) is 26.3 Å². The van der Waals surface area contributed by atoms with E-state index in [1.165, 1.54) is 22.2 Å². The van der Waals surface area contributed by atoms with Gasteiger partial charge in [-0.25, -0.2) is 9.67 Å². The van der Waals surface area contributed by atoms with Crippen molar-refractivity contribution in [3.8, 4) is 5.69 Å². The summed E-state index contributed by atoms with van der Waals surface area (Å²) in [5.74, 6) is -0.405. The largest absolute Gasteiger partial charge is 0.345 e. The molecule has 132 valence electrons. The van der Waals surface area contributed by atoms with Gasteiger partial charge in [0.1, 0.15) is 12.7 Å². The number of nitrogens with zero attached hydrogens (tertiary/aromatic N) is 4. The lowest BCUT2D eigenvalue weighted by molar-refractivity contribution is 0.0827. The summed E-state index contributed by atoms with van der Waals surface area (Å²) < 4.78 is 1.54. The van der Waals surface area contributed by atoms with Crippen LogP contribution in [0.3, 0.4) is 0 Å². The molecule has 0 aliphatic carbocycles. The Morgan fingerprint density at radius 3 is 2.58 bits per heavy atom. The molecular formula is C19H19N5O2. The Balaban J connectivity index is 1.92. The molecule has 0 radical (unpaired) electrons. The van der Waals surface area contributed by atoms with Gasteiger partial charge in [-0.1, -0.05) is 18.2 Å². The summed E-state index contributed by atoms with van der Waals surface area (Å²) in [6, 6.07) is 12.4. The zero-order valence-corrected chi connectivity index (χ0v) is 14.8. The standard InChI is InChI=1S/C19H19N5O2/c1-13-8-9-14(19(26)23(2)3)10-16(13)22-18(25)15-6-4-5-7-17(15)24-12-20-11-21-24/h4-12H,1-3H3,(H,22,25). The van der Waals surface area contributed by atoms with Gasteiger partial charge in [0.2, 0.25) is 0 Å². The highest BCUT2D eigenvalue weighted by Gasteiger charge is 2.16. The summed E-state index contributed by atoms with van der Waals surface area (Å²) in [6.07, 6.45) is 2.95. The highest BCUT2D eigenvalue weighted by molar-refractivity contribution is 6.07. The molecule has 3 aromatic rings. The first-order valence-electron chi connectivity index (χ1n) is 8.05. The number of aromatic nitrogens is 3. The number of amides is 2. The van der Waals surface area contributed by atoms with E-state index in [4.69, 9.17) is 0 Å². The van der Waals surface area contributed by atoms with Gasteiger partial charge in [-0.15, -0.1) is 0 Å². The molecule has 0 aliphatic rings. The van der Waals surface area contributed by atoms with E-state index in [1.54, 1.807) is 44.4 Å². The molecule has 2 amide bonds. The second kappa shape index (κ2) is 7.18. The average molecular weight is 349 g/mol. The number of anilines is 1. The van der Waals surface area contributed by atoms with Gasteiger partial charge in [-0.05, 0) is 36.8 Å². The van der Waals surface area contributed by atoms with Crippen LogP contribution in [0.2, 0.25) is 0 Å². The first-order chi connectivity index (χ1) is 12.5. The minimum atomic E-state index is -0.284. The summed E-state index contributed by atoms with van der Waals surface area (Å²) >= 11 is 0. The molecule has 0 atom stereocenters. The van der Waals surface area contributed by atoms with Crippen molar-refractivity contribution in [1.82, 2.24) is 19.7 Å². The van der Waals surface area contributed by atoms with Crippen LogP contribution in [0.25, 0.3) is 5.69 Å². The zero-order valence-electron chi connectivity index (χ0n) is 14.8. The molecule has 1 N–H and O–H groups in total. The van der Waals surface area contributed by atoms with Gasteiger partial charge < -0.3 is 10.2 Å². The van der Waals surface area contributed by atoms with Crippen LogP contribution in [0, 0.1) is 6.92 Å². The van der Waals surface area contributed by atoms with Crippen LogP contribution in [-0.2, 0) is 0 Å². The fourth-order valence-electron chi connectivity index (χ4n) is 2.54. The Morgan fingerprint density at radius 1 is 1.12 bits per heavy atom. The molecule has 3 rings (SSSR count). The number of para-hydroxylation sites is 1. The van der Waals surface area contributed by atoms with E-state index in [0.29, 0.717) is 22.5 Å². The van der Waals surface area contributed by atoms with Crippen molar-refractivity contribution >= 4 is 17.5 Å². The predicted molar refractivity (Wildman–Crippen MR) is 98.5 cm³/mol. The van der Waals surface area contributed by atoms with Gasteiger partial charge in [-0.3, -0.25) is 9.59 Å². The third-order valence-electron chi connectivity index (χ3n) is 3.95. The van der Waals surface area contributed by atoms with Crippen molar-refractivity contribution < 1.29 is 9.59 Å². The first-order valence-corrected chi connectivity index (χ1v) is 8.05. The lowest BCUT2D eigenvalue weighted by atomic mass is 10.1. The zero-order chi connectivity index (χ0) is 18.7. The van der Waals surface area contributed by atoms with E-state index in [-0.39, 0.29) is 11.8 Å². The monoisotopic (exact) mass is 349 g/mol. The highest BCUT2D eigenvalue weighted by atomic mass is 16.2. The van der Waals surface area contributed by atoms with Gasteiger partial charge >= 0.3 is 0 Å². The lowest BCUT2D eigenvalue weighted by Gasteiger charge is -2.14. The molecule has 1 aromatic heterocycles. The SMILES string of the molecule is Cc1ccc(C(=O)N(C)C)cc1NC(=O)c1ccccc1-n1cncn1.